The zero-order valence-corrected chi connectivity index (χ0v) is 22.6. The number of nitrogens with zero attached hydrogens (tertiary/aromatic N) is 3. The van der Waals surface area contributed by atoms with Crippen LogP contribution in [0, 0.1) is 17.8 Å². The van der Waals surface area contributed by atoms with Crippen LogP contribution in [0.5, 0.6) is 0 Å². The molecule has 2 aromatic rings. The maximum Gasteiger partial charge on any atom is 0.308 e. The number of thiazole rings is 1. The summed E-state index contributed by atoms with van der Waals surface area (Å²) in [6, 6.07) is 9.17. The Balaban J connectivity index is 1.37. The molecule has 4 aliphatic rings. The second-order valence-electron chi connectivity index (χ2n) is 10.8. The lowest BCUT2D eigenvalue weighted by Gasteiger charge is -2.40. The Morgan fingerprint density at radius 1 is 1.03 bits per heavy atom. The van der Waals surface area contributed by atoms with Gasteiger partial charge in [-0.1, -0.05) is 23.5 Å². The van der Waals surface area contributed by atoms with Gasteiger partial charge in [-0.25, -0.2) is 0 Å². The fourth-order valence-electron chi connectivity index (χ4n) is 7.32. The van der Waals surface area contributed by atoms with Gasteiger partial charge in [0.05, 0.1) is 5.03 Å². The van der Waals surface area contributed by atoms with Gasteiger partial charge in [-0.15, -0.1) is 11.8 Å². The van der Waals surface area contributed by atoms with Crippen molar-refractivity contribution in [2.45, 2.75) is 75.1 Å². The lowest BCUT2D eigenvalue weighted by molar-refractivity contribution is -0.132. The molecule has 3 fully saturated rings. The summed E-state index contributed by atoms with van der Waals surface area (Å²) in [5.74, 6) is 2.51. The summed E-state index contributed by atoms with van der Waals surface area (Å²) < 4.78 is 1.83. The number of carbonyl (C=O) groups excluding carboxylic acids is 1. The smallest absolute Gasteiger partial charge is 0.308 e. The van der Waals surface area contributed by atoms with Crippen LogP contribution in [0.25, 0.3) is 0 Å². The van der Waals surface area contributed by atoms with Gasteiger partial charge < -0.3 is 9.80 Å². The van der Waals surface area contributed by atoms with E-state index in [-0.39, 0.29) is 23.2 Å². The predicted molar refractivity (Wildman–Crippen MR) is 145 cm³/mol. The minimum Gasteiger partial charge on any atom is -0.372 e. The van der Waals surface area contributed by atoms with Crippen molar-refractivity contribution < 1.29 is 4.79 Å². The van der Waals surface area contributed by atoms with Gasteiger partial charge in [0.15, 0.2) is 0 Å². The number of rotatable bonds is 6. The van der Waals surface area contributed by atoms with E-state index in [1.165, 1.54) is 53.1 Å². The zero-order valence-electron chi connectivity index (χ0n) is 20.9. The van der Waals surface area contributed by atoms with E-state index in [0.717, 1.165) is 55.9 Å². The number of hydrogen-bond donors (Lipinski definition) is 0. The Kier molecular flexibility index (Phi) is 6.50. The van der Waals surface area contributed by atoms with Crippen LogP contribution in [0.3, 0.4) is 0 Å². The largest absolute Gasteiger partial charge is 0.372 e. The number of carbonyl (C=O) groups is 1. The van der Waals surface area contributed by atoms with Gasteiger partial charge in [0.1, 0.15) is 6.54 Å². The molecule has 3 heterocycles. The number of thioether (sulfide) groups is 1. The maximum absolute atomic E-state index is 13.3. The van der Waals surface area contributed by atoms with Gasteiger partial charge in [-0.2, -0.15) is 0 Å². The molecule has 0 N–H and O–H groups in total. The highest BCUT2D eigenvalue weighted by atomic mass is 32.2. The first-order chi connectivity index (χ1) is 17.1. The third kappa shape index (κ3) is 4.07. The molecule has 1 aromatic carbocycles. The highest BCUT2D eigenvalue weighted by Gasteiger charge is 2.55. The number of likely N-dealkylation sites (tertiary alicyclic amines) is 1. The number of aromatic nitrogens is 1. The molecule has 0 radical (unpaired) electrons. The number of benzene rings is 1. The van der Waals surface area contributed by atoms with Crippen LogP contribution in [0.15, 0.2) is 34.1 Å². The molecule has 1 saturated heterocycles. The van der Waals surface area contributed by atoms with Crippen molar-refractivity contribution in [3.63, 3.8) is 0 Å². The molecule has 7 heteroatoms. The fourth-order valence-corrected chi connectivity index (χ4v) is 10.5. The van der Waals surface area contributed by atoms with Crippen LogP contribution < -0.4 is 9.77 Å². The van der Waals surface area contributed by atoms with Crippen molar-refractivity contribution in [3.05, 3.63) is 44.4 Å². The second-order valence-corrected chi connectivity index (χ2v) is 13.0. The highest BCUT2D eigenvalue weighted by molar-refractivity contribution is 8.00. The van der Waals surface area contributed by atoms with Crippen molar-refractivity contribution in [2.24, 2.45) is 17.8 Å². The summed E-state index contributed by atoms with van der Waals surface area (Å²) in [5, 5.41) is 1.66. The Morgan fingerprint density at radius 2 is 1.74 bits per heavy atom. The minimum atomic E-state index is 0.0462. The minimum absolute atomic E-state index is 0.0462. The molecular weight excluding hydrogens is 474 g/mol. The molecule has 1 aromatic heterocycles. The predicted octanol–water partition coefficient (Wildman–Crippen LogP) is 5.42. The summed E-state index contributed by atoms with van der Waals surface area (Å²) in [5.41, 5.74) is 2.62. The van der Waals surface area contributed by atoms with Crippen LogP contribution in [-0.4, -0.2) is 46.8 Å². The summed E-state index contributed by atoms with van der Waals surface area (Å²) in [6.45, 7) is 8.29. The molecule has 2 aliphatic carbocycles. The van der Waals surface area contributed by atoms with Crippen LogP contribution in [0.2, 0.25) is 0 Å². The first-order valence-corrected chi connectivity index (χ1v) is 15.3. The van der Waals surface area contributed by atoms with E-state index in [4.69, 9.17) is 0 Å². The Bertz CT molecular complexity index is 1130. The van der Waals surface area contributed by atoms with Gasteiger partial charge in [0.2, 0.25) is 5.91 Å². The van der Waals surface area contributed by atoms with Crippen molar-refractivity contribution >= 4 is 34.7 Å². The molecule has 1 amide bonds. The normalized spacial score (nSPS) is 29.2. The van der Waals surface area contributed by atoms with E-state index >= 15 is 0 Å². The third-order valence-electron chi connectivity index (χ3n) is 9.07. The Morgan fingerprint density at radius 3 is 2.46 bits per heavy atom. The molecule has 2 saturated carbocycles. The third-order valence-corrected chi connectivity index (χ3v) is 11.9. The topological polar surface area (TPSA) is 45.6 Å². The van der Waals surface area contributed by atoms with Gasteiger partial charge in [0.25, 0.3) is 0 Å². The summed E-state index contributed by atoms with van der Waals surface area (Å²) in [6.07, 6.45) is 7.35. The van der Waals surface area contributed by atoms with Crippen LogP contribution in [-0.2, 0) is 11.3 Å². The molecule has 188 valence electrons. The Labute approximate surface area is 216 Å². The molecule has 6 rings (SSSR count). The van der Waals surface area contributed by atoms with E-state index < -0.39 is 0 Å². The molecule has 5 atom stereocenters. The van der Waals surface area contributed by atoms with Gasteiger partial charge in [-0.05, 0) is 87.8 Å². The highest BCUT2D eigenvalue weighted by Crippen LogP contribution is 2.64. The number of hydrogen-bond acceptors (Lipinski definition) is 5. The first kappa shape index (κ1) is 23.7. The number of fused-ring (bicyclic) bond motifs is 6. The van der Waals surface area contributed by atoms with E-state index in [1.54, 1.807) is 0 Å². The summed E-state index contributed by atoms with van der Waals surface area (Å²) in [7, 11) is 0. The van der Waals surface area contributed by atoms with Crippen molar-refractivity contribution in [1.82, 2.24) is 9.47 Å². The number of anilines is 1. The fraction of sp³-hybridized carbons (Fsp3) is 0.643. The van der Waals surface area contributed by atoms with E-state index in [2.05, 4.69) is 43.0 Å². The lowest BCUT2D eigenvalue weighted by Crippen LogP contribution is -2.39. The standard InChI is InChI=1S/C28H37N3O2S2/c1-3-29(4-2)21-12-10-18(11-13-21)23-24-19-8-9-20(16-19)25(24)34-27-26(23)35-28(33)31(27)17-22(32)30-14-6-5-7-15-30/h10-13,19-20,23-25H,3-9,14-17H2,1-2H3/t19?,20?,23-,24?,25?/m1/s1. The van der Waals surface area contributed by atoms with Crippen molar-refractivity contribution in [1.29, 1.82) is 0 Å². The van der Waals surface area contributed by atoms with E-state index in [9.17, 15) is 9.59 Å². The molecule has 2 bridgehead atoms. The van der Waals surface area contributed by atoms with Crippen molar-refractivity contribution in [3.8, 4) is 0 Å². The van der Waals surface area contributed by atoms with E-state index in [0.29, 0.717) is 11.2 Å². The van der Waals surface area contributed by atoms with Gasteiger partial charge in [0, 0.05) is 47.9 Å². The molecule has 5 nitrogen and oxygen atoms in total. The number of piperidine rings is 1. The monoisotopic (exact) mass is 511 g/mol. The molecule has 4 unspecified atom stereocenters. The number of amides is 1. The first-order valence-electron chi connectivity index (χ1n) is 13.6. The van der Waals surface area contributed by atoms with E-state index in [1.807, 2.05) is 21.2 Å². The molecule has 2 aliphatic heterocycles. The summed E-state index contributed by atoms with van der Waals surface area (Å²) in [4.78, 5) is 32.1. The SMILES string of the molecule is CCN(CC)c1ccc([C@H]2c3sc(=O)n(CC(=O)N4CCCCC4)c3SC3C4CCC(C4)C32)cc1. The van der Waals surface area contributed by atoms with Crippen molar-refractivity contribution in [2.75, 3.05) is 31.1 Å². The van der Waals surface area contributed by atoms with Crippen LogP contribution in [0.4, 0.5) is 5.69 Å². The average molecular weight is 512 g/mol. The average Bonchev–Trinajstić information content (AvgIpc) is 3.59. The Hall–Kier alpha value is -1.73. The van der Waals surface area contributed by atoms with Crippen LogP contribution >= 0.6 is 23.1 Å². The quantitative estimate of drug-likeness (QED) is 0.520. The molecule has 35 heavy (non-hydrogen) atoms. The maximum atomic E-state index is 13.3. The summed E-state index contributed by atoms with van der Waals surface area (Å²) >= 11 is 3.34. The van der Waals surface area contributed by atoms with Gasteiger partial charge in [-0.3, -0.25) is 14.2 Å². The lowest BCUT2D eigenvalue weighted by atomic mass is 9.75. The van der Waals surface area contributed by atoms with Gasteiger partial charge >= 0.3 is 4.87 Å². The molecular formula is C28H37N3O2S2. The zero-order chi connectivity index (χ0) is 24.1. The molecule has 0 spiro atoms. The second kappa shape index (κ2) is 9.62. The van der Waals surface area contributed by atoms with Crippen LogP contribution in [0.1, 0.15) is 68.7 Å².